The number of carbonyl (C=O) groups is 1. The van der Waals surface area contributed by atoms with Gasteiger partial charge < -0.3 is 5.32 Å². The number of halogens is 3. The second kappa shape index (κ2) is 7.92. The number of anilines is 1. The number of hydrogen-bond acceptors (Lipinski definition) is 3. The van der Waals surface area contributed by atoms with Crippen molar-refractivity contribution in [2.45, 2.75) is 12.6 Å². The lowest BCUT2D eigenvalue weighted by atomic mass is 10.2. The zero-order valence-corrected chi connectivity index (χ0v) is 13.2. The van der Waals surface area contributed by atoms with Crippen LogP contribution in [0.3, 0.4) is 0 Å². The first-order valence-corrected chi connectivity index (χ1v) is 7.39. The Morgan fingerprint density at radius 3 is 2.58 bits per heavy atom. The van der Waals surface area contributed by atoms with Crippen LogP contribution in [0.4, 0.5) is 18.9 Å². The quantitative estimate of drug-likeness (QED) is 0.880. The summed E-state index contributed by atoms with van der Waals surface area (Å²) >= 11 is 0. The zero-order valence-electron chi connectivity index (χ0n) is 13.2. The molecule has 7 heteroatoms. The van der Waals surface area contributed by atoms with Crippen LogP contribution in [-0.4, -0.2) is 35.9 Å². The van der Waals surface area contributed by atoms with Crippen molar-refractivity contribution >= 4 is 11.6 Å². The number of hydrogen-bond donors (Lipinski definition) is 1. The third-order valence-electron chi connectivity index (χ3n) is 3.42. The van der Waals surface area contributed by atoms with E-state index in [1.165, 1.54) is 12.1 Å². The Bertz CT molecular complexity index is 674. The van der Waals surface area contributed by atoms with Gasteiger partial charge in [-0.1, -0.05) is 6.07 Å². The monoisotopic (exact) mass is 337 g/mol. The van der Waals surface area contributed by atoms with Gasteiger partial charge in [-0.25, -0.2) is 0 Å². The Morgan fingerprint density at radius 1 is 1.21 bits per heavy atom. The molecular weight excluding hydrogens is 319 g/mol. The minimum Gasteiger partial charge on any atom is -0.325 e. The Morgan fingerprint density at radius 2 is 1.92 bits per heavy atom. The summed E-state index contributed by atoms with van der Waals surface area (Å²) in [5, 5.41) is 2.49. The van der Waals surface area contributed by atoms with Crippen LogP contribution in [0.5, 0.6) is 0 Å². The molecule has 0 aliphatic rings. The minimum atomic E-state index is -4.43. The molecule has 1 amide bonds. The molecule has 1 aromatic carbocycles. The molecule has 1 heterocycles. The van der Waals surface area contributed by atoms with Crippen molar-refractivity contribution in [3.63, 3.8) is 0 Å². The fourth-order valence-electron chi connectivity index (χ4n) is 2.17. The Hall–Kier alpha value is -2.41. The SMILES string of the molecule is CN(CCc1ccncc1)CC(=O)Nc1cccc(C(F)(F)F)c1. The molecule has 0 saturated heterocycles. The van der Waals surface area contributed by atoms with Crippen LogP contribution in [0, 0.1) is 0 Å². The lowest BCUT2D eigenvalue weighted by Gasteiger charge is -2.16. The first-order valence-electron chi connectivity index (χ1n) is 7.39. The average Bonchev–Trinajstić information content (AvgIpc) is 2.53. The van der Waals surface area contributed by atoms with E-state index >= 15 is 0 Å². The lowest BCUT2D eigenvalue weighted by Crippen LogP contribution is -2.31. The molecule has 2 rings (SSSR count). The molecule has 0 bridgehead atoms. The molecule has 0 aliphatic heterocycles. The number of nitrogens with zero attached hydrogens (tertiary/aromatic N) is 2. The highest BCUT2D eigenvalue weighted by Crippen LogP contribution is 2.30. The van der Waals surface area contributed by atoms with Crippen LogP contribution >= 0.6 is 0 Å². The predicted octanol–water partition coefficient (Wildman–Crippen LogP) is 3.21. The molecule has 128 valence electrons. The van der Waals surface area contributed by atoms with E-state index in [-0.39, 0.29) is 18.1 Å². The maximum Gasteiger partial charge on any atom is 0.416 e. The van der Waals surface area contributed by atoms with E-state index in [4.69, 9.17) is 0 Å². The summed E-state index contributed by atoms with van der Waals surface area (Å²) in [5.41, 5.74) is 0.457. The van der Waals surface area contributed by atoms with Crippen molar-refractivity contribution in [2.24, 2.45) is 0 Å². The fourth-order valence-corrected chi connectivity index (χ4v) is 2.17. The summed E-state index contributed by atoms with van der Waals surface area (Å²) in [7, 11) is 1.78. The van der Waals surface area contributed by atoms with Gasteiger partial charge in [0.05, 0.1) is 12.1 Å². The van der Waals surface area contributed by atoms with Crippen molar-refractivity contribution in [1.29, 1.82) is 0 Å². The first kappa shape index (κ1) is 17.9. The summed E-state index contributed by atoms with van der Waals surface area (Å²) < 4.78 is 38.0. The van der Waals surface area contributed by atoms with Crippen molar-refractivity contribution in [3.8, 4) is 0 Å². The number of aromatic nitrogens is 1. The number of pyridine rings is 1. The molecule has 0 unspecified atom stereocenters. The maximum absolute atomic E-state index is 12.7. The Kier molecular flexibility index (Phi) is 5.92. The van der Waals surface area contributed by atoms with Crippen molar-refractivity contribution in [2.75, 3.05) is 25.5 Å². The number of alkyl halides is 3. The summed E-state index contributed by atoms with van der Waals surface area (Å²) in [6.45, 7) is 0.751. The number of amides is 1. The summed E-state index contributed by atoms with van der Waals surface area (Å²) in [6, 6.07) is 8.40. The topological polar surface area (TPSA) is 45.2 Å². The van der Waals surface area contributed by atoms with Crippen LogP contribution in [0.15, 0.2) is 48.8 Å². The van der Waals surface area contributed by atoms with E-state index in [9.17, 15) is 18.0 Å². The molecule has 0 radical (unpaired) electrons. The van der Waals surface area contributed by atoms with Crippen molar-refractivity contribution in [3.05, 3.63) is 59.9 Å². The number of carbonyl (C=O) groups excluding carboxylic acids is 1. The third-order valence-corrected chi connectivity index (χ3v) is 3.42. The van der Waals surface area contributed by atoms with Crippen LogP contribution in [0.25, 0.3) is 0 Å². The van der Waals surface area contributed by atoms with E-state index in [0.717, 1.165) is 24.1 Å². The van der Waals surface area contributed by atoms with E-state index < -0.39 is 11.7 Å². The molecule has 0 spiro atoms. The van der Waals surface area contributed by atoms with Gasteiger partial charge in [0.1, 0.15) is 0 Å². The molecule has 24 heavy (non-hydrogen) atoms. The van der Waals surface area contributed by atoms with E-state index in [0.29, 0.717) is 6.54 Å². The highest BCUT2D eigenvalue weighted by atomic mass is 19.4. The minimum absolute atomic E-state index is 0.0985. The van der Waals surface area contributed by atoms with Gasteiger partial charge in [0.15, 0.2) is 0 Å². The van der Waals surface area contributed by atoms with Crippen LogP contribution in [0.1, 0.15) is 11.1 Å². The smallest absolute Gasteiger partial charge is 0.325 e. The summed E-state index contributed by atoms with van der Waals surface area (Å²) in [6.07, 6.45) is -0.261. The molecule has 0 atom stereocenters. The zero-order chi connectivity index (χ0) is 17.6. The van der Waals surface area contributed by atoms with Gasteiger partial charge in [0.25, 0.3) is 0 Å². The summed E-state index contributed by atoms with van der Waals surface area (Å²) in [5.74, 6) is -0.355. The second-order valence-corrected chi connectivity index (χ2v) is 5.47. The van der Waals surface area contributed by atoms with Crippen LogP contribution in [-0.2, 0) is 17.4 Å². The number of rotatable bonds is 6. The van der Waals surface area contributed by atoms with E-state index in [1.807, 2.05) is 17.0 Å². The number of nitrogens with one attached hydrogen (secondary N) is 1. The third kappa shape index (κ3) is 5.66. The lowest BCUT2D eigenvalue weighted by molar-refractivity contribution is -0.137. The van der Waals surface area contributed by atoms with Crippen LogP contribution < -0.4 is 5.32 Å². The molecule has 2 aromatic rings. The largest absolute Gasteiger partial charge is 0.416 e. The van der Waals surface area contributed by atoms with Gasteiger partial charge in [-0.05, 0) is 49.4 Å². The van der Waals surface area contributed by atoms with E-state index in [1.54, 1.807) is 19.4 Å². The van der Waals surface area contributed by atoms with E-state index in [2.05, 4.69) is 10.3 Å². The molecule has 4 nitrogen and oxygen atoms in total. The number of benzene rings is 1. The normalized spacial score (nSPS) is 11.5. The molecule has 0 fully saturated rings. The standard InChI is InChI=1S/C17H18F3N3O/c1-23(10-7-13-5-8-21-9-6-13)12-16(24)22-15-4-2-3-14(11-15)17(18,19)20/h2-6,8-9,11H,7,10,12H2,1H3,(H,22,24). The van der Waals surface area contributed by atoms with Crippen molar-refractivity contribution < 1.29 is 18.0 Å². The first-order chi connectivity index (χ1) is 11.3. The van der Waals surface area contributed by atoms with Gasteiger partial charge in [0.2, 0.25) is 5.91 Å². The number of likely N-dealkylation sites (N-methyl/N-ethyl adjacent to an activating group) is 1. The molecule has 0 aliphatic carbocycles. The highest BCUT2D eigenvalue weighted by Gasteiger charge is 2.30. The Balaban J connectivity index is 1.84. The van der Waals surface area contributed by atoms with Gasteiger partial charge in [-0.15, -0.1) is 0 Å². The molecule has 1 N–H and O–H groups in total. The predicted molar refractivity (Wildman–Crippen MR) is 85.5 cm³/mol. The highest BCUT2D eigenvalue weighted by molar-refractivity contribution is 5.92. The van der Waals surface area contributed by atoms with Gasteiger partial charge in [0, 0.05) is 24.6 Å². The van der Waals surface area contributed by atoms with Crippen LogP contribution in [0.2, 0.25) is 0 Å². The Labute approximate surface area is 138 Å². The van der Waals surface area contributed by atoms with Crippen molar-refractivity contribution in [1.82, 2.24) is 9.88 Å². The fraction of sp³-hybridized carbons (Fsp3) is 0.294. The van der Waals surface area contributed by atoms with Gasteiger partial charge in [-0.3, -0.25) is 14.7 Å². The van der Waals surface area contributed by atoms with Gasteiger partial charge in [-0.2, -0.15) is 13.2 Å². The maximum atomic E-state index is 12.7. The molecule has 0 saturated carbocycles. The molecular formula is C17H18F3N3O. The average molecular weight is 337 g/mol. The second-order valence-electron chi connectivity index (χ2n) is 5.47. The summed E-state index contributed by atoms with van der Waals surface area (Å²) in [4.78, 5) is 17.7. The molecule has 1 aromatic heterocycles. The van der Waals surface area contributed by atoms with Gasteiger partial charge >= 0.3 is 6.18 Å².